The molecular weight excluding hydrogens is 300 g/mol. The fourth-order valence-corrected chi connectivity index (χ4v) is 2.65. The Bertz CT molecular complexity index is 792. The van der Waals surface area contributed by atoms with E-state index in [4.69, 9.17) is 16.3 Å². The third-order valence-corrected chi connectivity index (χ3v) is 4.01. The first-order valence-corrected chi connectivity index (χ1v) is 7.22. The Kier molecular flexibility index (Phi) is 3.82. The minimum absolute atomic E-state index is 0.234. The Morgan fingerprint density at radius 2 is 1.64 bits per heavy atom. The molecule has 0 saturated carbocycles. The van der Waals surface area contributed by atoms with Crippen LogP contribution in [0.25, 0.3) is 0 Å². The quantitative estimate of drug-likeness (QED) is 0.854. The van der Waals surface area contributed by atoms with Gasteiger partial charge in [0.1, 0.15) is 12.4 Å². The summed E-state index contributed by atoms with van der Waals surface area (Å²) in [7, 11) is 0. The van der Waals surface area contributed by atoms with E-state index in [1.807, 2.05) is 30.3 Å². The van der Waals surface area contributed by atoms with Crippen LogP contribution in [0.4, 0.5) is 0 Å². The minimum atomic E-state index is -0.270. The second-order valence-electron chi connectivity index (χ2n) is 5.09. The number of allylic oxidation sites excluding steroid dienone is 2. The molecule has 0 fully saturated rings. The van der Waals surface area contributed by atoms with Crippen molar-refractivity contribution >= 4 is 23.2 Å². The third-order valence-electron chi connectivity index (χ3n) is 3.53. The number of halogens is 1. The van der Waals surface area contributed by atoms with Crippen molar-refractivity contribution in [3.8, 4) is 5.75 Å². The lowest BCUT2D eigenvalue weighted by molar-refractivity contribution is 0.0990. The molecule has 3 rings (SSSR count). The Labute approximate surface area is 133 Å². The molecular formula is C18H13ClO3. The molecule has 3 nitrogen and oxygen atoms in total. The summed E-state index contributed by atoms with van der Waals surface area (Å²) >= 11 is 6.20. The van der Waals surface area contributed by atoms with Gasteiger partial charge in [0.25, 0.3) is 0 Å². The highest BCUT2D eigenvalue weighted by Crippen LogP contribution is 2.35. The van der Waals surface area contributed by atoms with Crippen molar-refractivity contribution in [1.82, 2.24) is 0 Å². The van der Waals surface area contributed by atoms with Gasteiger partial charge in [-0.2, -0.15) is 0 Å². The van der Waals surface area contributed by atoms with E-state index in [9.17, 15) is 9.59 Å². The average Bonchev–Trinajstić information content (AvgIpc) is 2.53. The van der Waals surface area contributed by atoms with Crippen molar-refractivity contribution in [3.05, 3.63) is 75.8 Å². The molecule has 0 atom stereocenters. The zero-order valence-electron chi connectivity index (χ0n) is 11.9. The molecule has 110 valence electrons. The second kappa shape index (κ2) is 5.78. The molecule has 0 aromatic heterocycles. The normalized spacial score (nSPS) is 13.2. The topological polar surface area (TPSA) is 43.4 Å². The predicted octanol–water partition coefficient (Wildman–Crippen LogP) is 4.16. The number of hydrogen-bond donors (Lipinski definition) is 0. The summed E-state index contributed by atoms with van der Waals surface area (Å²) < 4.78 is 5.78. The molecule has 0 amide bonds. The SMILES string of the molecule is Cc1cc(OCc2ccccc2)c2c(c1Cl)C(=O)C=CC2=O. The molecule has 22 heavy (non-hydrogen) atoms. The zero-order chi connectivity index (χ0) is 15.7. The number of fused-ring (bicyclic) bond motifs is 1. The Hall–Kier alpha value is -2.39. The van der Waals surface area contributed by atoms with Crippen LogP contribution in [0.2, 0.25) is 5.02 Å². The molecule has 0 unspecified atom stereocenters. The number of aryl methyl sites for hydroxylation is 1. The van der Waals surface area contributed by atoms with E-state index < -0.39 is 0 Å². The molecule has 0 heterocycles. The Balaban J connectivity index is 2.02. The summed E-state index contributed by atoms with van der Waals surface area (Å²) in [6, 6.07) is 11.3. The van der Waals surface area contributed by atoms with Gasteiger partial charge in [0.15, 0.2) is 11.6 Å². The molecule has 4 heteroatoms. The van der Waals surface area contributed by atoms with Gasteiger partial charge in [0.2, 0.25) is 0 Å². The monoisotopic (exact) mass is 312 g/mol. The van der Waals surface area contributed by atoms with Crippen LogP contribution in [-0.2, 0) is 6.61 Å². The third kappa shape index (κ3) is 2.55. The Morgan fingerprint density at radius 1 is 1.00 bits per heavy atom. The molecule has 0 saturated heterocycles. The minimum Gasteiger partial charge on any atom is -0.488 e. The van der Waals surface area contributed by atoms with Crippen LogP contribution in [0.1, 0.15) is 31.8 Å². The maximum absolute atomic E-state index is 12.1. The summed E-state index contributed by atoms with van der Waals surface area (Å²) in [5, 5.41) is 0.310. The van der Waals surface area contributed by atoms with Crippen LogP contribution in [-0.4, -0.2) is 11.6 Å². The lowest BCUT2D eigenvalue weighted by Crippen LogP contribution is -2.15. The summed E-state index contributed by atoms with van der Waals surface area (Å²) in [4.78, 5) is 24.2. The van der Waals surface area contributed by atoms with Crippen molar-refractivity contribution in [1.29, 1.82) is 0 Å². The van der Waals surface area contributed by atoms with E-state index in [1.165, 1.54) is 12.2 Å². The molecule has 2 aromatic rings. The highest BCUT2D eigenvalue weighted by Gasteiger charge is 2.27. The van der Waals surface area contributed by atoms with Crippen LogP contribution in [0.3, 0.4) is 0 Å². The molecule has 0 N–H and O–H groups in total. The molecule has 1 aliphatic rings. The van der Waals surface area contributed by atoms with Gasteiger partial charge in [-0.05, 0) is 36.3 Å². The van der Waals surface area contributed by atoms with E-state index in [0.717, 1.165) is 5.56 Å². The lowest BCUT2D eigenvalue weighted by Gasteiger charge is -2.18. The lowest BCUT2D eigenvalue weighted by atomic mass is 9.92. The van der Waals surface area contributed by atoms with Crippen LogP contribution in [0.15, 0.2) is 48.6 Å². The molecule has 0 aliphatic heterocycles. The number of hydrogen-bond acceptors (Lipinski definition) is 3. The van der Waals surface area contributed by atoms with Gasteiger partial charge < -0.3 is 4.74 Å². The van der Waals surface area contributed by atoms with E-state index in [2.05, 4.69) is 0 Å². The smallest absolute Gasteiger partial charge is 0.190 e. The number of rotatable bonds is 3. The van der Waals surface area contributed by atoms with Gasteiger partial charge in [0.05, 0.1) is 16.1 Å². The van der Waals surface area contributed by atoms with Crippen molar-refractivity contribution in [3.63, 3.8) is 0 Å². The van der Waals surface area contributed by atoms with Gasteiger partial charge in [-0.25, -0.2) is 0 Å². The van der Waals surface area contributed by atoms with Crippen molar-refractivity contribution in [2.75, 3.05) is 0 Å². The van der Waals surface area contributed by atoms with E-state index in [1.54, 1.807) is 13.0 Å². The van der Waals surface area contributed by atoms with Crippen molar-refractivity contribution in [2.24, 2.45) is 0 Å². The highest BCUT2D eigenvalue weighted by atomic mass is 35.5. The first kappa shape index (κ1) is 14.5. The Morgan fingerprint density at radius 3 is 2.32 bits per heavy atom. The molecule has 0 bridgehead atoms. The summed E-state index contributed by atoms with van der Waals surface area (Å²) in [5.41, 5.74) is 2.17. The van der Waals surface area contributed by atoms with Crippen molar-refractivity contribution < 1.29 is 14.3 Å². The van der Waals surface area contributed by atoms with Crippen LogP contribution in [0, 0.1) is 6.92 Å². The maximum Gasteiger partial charge on any atom is 0.190 e. The van der Waals surface area contributed by atoms with E-state index >= 15 is 0 Å². The van der Waals surface area contributed by atoms with Gasteiger partial charge in [0, 0.05) is 0 Å². The largest absolute Gasteiger partial charge is 0.488 e. The van der Waals surface area contributed by atoms with Crippen LogP contribution >= 0.6 is 11.6 Å². The van der Waals surface area contributed by atoms with E-state index in [0.29, 0.717) is 22.9 Å². The van der Waals surface area contributed by atoms with Gasteiger partial charge in [-0.15, -0.1) is 0 Å². The van der Waals surface area contributed by atoms with E-state index in [-0.39, 0.29) is 22.7 Å². The number of carbonyl (C=O) groups is 2. The zero-order valence-corrected chi connectivity index (χ0v) is 12.7. The van der Waals surface area contributed by atoms with Crippen LogP contribution in [0.5, 0.6) is 5.75 Å². The maximum atomic E-state index is 12.1. The standard InChI is InChI=1S/C18H13ClO3/c1-11-9-15(22-10-12-5-3-2-4-6-12)16-13(20)7-8-14(21)17(16)18(11)19/h2-9H,10H2,1H3. The molecule has 2 aromatic carbocycles. The second-order valence-corrected chi connectivity index (χ2v) is 5.47. The summed E-state index contributed by atoms with van der Waals surface area (Å²) in [6.45, 7) is 2.10. The first-order valence-electron chi connectivity index (χ1n) is 6.84. The fraction of sp³-hybridized carbons (Fsp3) is 0.111. The summed E-state index contributed by atoms with van der Waals surface area (Å²) in [5.74, 6) is -0.143. The predicted molar refractivity (Wildman–Crippen MR) is 84.8 cm³/mol. The number of carbonyl (C=O) groups excluding carboxylic acids is 2. The number of benzene rings is 2. The number of ketones is 2. The van der Waals surface area contributed by atoms with Crippen molar-refractivity contribution in [2.45, 2.75) is 13.5 Å². The number of ether oxygens (including phenoxy) is 1. The molecule has 0 radical (unpaired) electrons. The fourth-order valence-electron chi connectivity index (χ4n) is 2.41. The first-order chi connectivity index (χ1) is 10.6. The molecule has 1 aliphatic carbocycles. The van der Waals surface area contributed by atoms with Gasteiger partial charge in [-0.3, -0.25) is 9.59 Å². The van der Waals surface area contributed by atoms with Gasteiger partial charge >= 0.3 is 0 Å². The highest BCUT2D eigenvalue weighted by molar-refractivity contribution is 6.38. The molecule has 0 spiro atoms. The van der Waals surface area contributed by atoms with Crippen LogP contribution < -0.4 is 4.74 Å². The average molecular weight is 313 g/mol. The summed E-state index contributed by atoms with van der Waals surface area (Å²) in [6.07, 6.45) is 2.50. The van der Waals surface area contributed by atoms with Gasteiger partial charge in [-0.1, -0.05) is 41.9 Å².